The summed E-state index contributed by atoms with van der Waals surface area (Å²) in [5.41, 5.74) is -1.84. The second kappa shape index (κ2) is 2.82. The average molecular weight is 191 g/mol. The molecule has 0 amide bonds. The largest absolute Gasteiger partial charge is 0.464 e. The summed E-state index contributed by atoms with van der Waals surface area (Å²) in [6.07, 6.45) is -0.761. The molecule has 0 aliphatic heterocycles. The topological polar surface area (TPSA) is 92.2 Å². The number of aromatic amines is 1. The summed E-state index contributed by atoms with van der Waals surface area (Å²) in [5, 5.41) is 8.01. The van der Waals surface area contributed by atoms with E-state index in [9.17, 15) is 14.4 Å². The Morgan fingerprint density at radius 1 is 1.58 bits per heavy atom. The van der Waals surface area contributed by atoms with Crippen LogP contribution in [-0.4, -0.2) is 20.8 Å². The monoisotopic (exact) mass is 190 g/mol. The third-order valence-corrected chi connectivity index (χ3v) is 1.37. The molecule has 2 N–H and O–H groups in total. The van der Waals surface area contributed by atoms with Gasteiger partial charge in [-0.25, -0.2) is 14.2 Å². The Kier molecular flexibility index (Phi) is 2.01. The van der Waals surface area contributed by atoms with E-state index in [1.807, 2.05) is 0 Å². The minimum Gasteiger partial charge on any atom is -0.464 e. The zero-order valence-electron chi connectivity index (χ0n) is 5.57. The molecule has 1 rings (SSSR count). The van der Waals surface area contributed by atoms with Crippen molar-refractivity contribution < 1.29 is 9.90 Å². The lowest BCUT2D eigenvalue weighted by Gasteiger charge is -1.95. The van der Waals surface area contributed by atoms with E-state index in [1.54, 1.807) is 4.98 Å². The lowest BCUT2D eigenvalue weighted by atomic mass is 10.6. The Balaban J connectivity index is 3.54. The highest BCUT2D eigenvalue weighted by molar-refractivity contribution is 6.30. The van der Waals surface area contributed by atoms with E-state index < -0.39 is 17.3 Å². The Hall–Kier alpha value is -1.56. The second-order valence-corrected chi connectivity index (χ2v) is 2.30. The van der Waals surface area contributed by atoms with Crippen LogP contribution in [0.2, 0.25) is 5.02 Å². The smallest absolute Gasteiger partial charge is 0.419 e. The molecule has 1 heterocycles. The minimum absolute atomic E-state index is 0.281. The third kappa shape index (κ3) is 1.37. The van der Waals surface area contributed by atoms with Crippen molar-refractivity contribution in [3.8, 4) is 0 Å². The molecule has 0 aromatic carbocycles. The van der Waals surface area contributed by atoms with Gasteiger partial charge in [-0.15, -0.1) is 0 Å². The van der Waals surface area contributed by atoms with Gasteiger partial charge in [-0.05, 0) is 0 Å². The van der Waals surface area contributed by atoms with Crippen molar-refractivity contribution in [1.29, 1.82) is 0 Å². The maximum absolute atomic E-state index is 10.7. The van der Waals surface area contributed by atoms with Crippen LogP contribution >= 0.6 is 11.6 Å². The average Bonchev–Trinajstić information content (AvgIpc) is 1.96. The highest BCUT2D eigenvalue weighted by Gasteiger charge is 2.06. The number of rotatable bonds is 0. The molecule has 7 heteroatoms. The Bertz CT molecular complexity index is 432. The maximum Gasteiger partial charge on any atom is 0.419 e. The molecule has 0 fully saturated rings. The van der Waals surface area contributed by atoms with E-state index in [-0.39, 0.29) is 9.59 Å². The molecule has 0 unspecified atom stereocenters. The summed E-state index contributed by atoms with van der Waals surface area (Å²) in [7, 11) is 0. The van der Waals surface area contributed by atoms with E-state index in [1.165, 1.54) is 0 Å². The number of carboxylic acid groups (broad SMARTS) is 1. The summed E-state index contributed by atoms with van der Waals surface area (Å²) in [4.78, 5) is 33.3. The quantitative estimate of drug-likeness (QED) is 0.588. The predicted molar refractivity (Wildman–Crippen MR) is 39.8 cm³/mol. The SMILES string of the molecule is O=C(O)n1cc(Cl)c(=O)[nH]c1=O. The molecule has 6 nitrogen and oxygen atoms in total. The number of nitrogens with one attached hydrogen (secondary N) is 1. The van der Waals surface area contributed by atoms with Crippen molar-refractivity contribution in [2.24, 2.45) is 0 Å². The molecule has 12 heavy (non-hydrogen) atoms. The van der Waals surface area contributed by atoms with Crippen LogP contribution in [0.3, 0.4) is 0 Å². The van der Waals surface area contributed by atoms with Gasteiger partial charge in [0.25, 0.3) is 5.56 Å². The number of hydrogen-bond acceptors (Lipinski definition) is 3. The summed E-state index contributed by atoms with van der Waals surface area (Å²) in [6, 6.07) is 0. The van der Waals surface area contributed by atoms with Gasteiger partial charge in [0.2, 0.25) is 0 Å². The van der Waals surface area contributed by atoms with Crippen molar-refractivity contribution >= 4 is 17.7 Å². The first-order chi connectivity index (χ1) is 5.52. The summed E-state index contributed by atoms with van der Waals surface area (Å²) in [6.45, 7) is 0. The van der Waals surface area contributed by atoms with Crippen molar-refractivity contribution in [2.75, 3.05) is 0 Å². The van der Waals surface area contributed by atoms with Gasteiger partial charge in [0.05, 0.1) is 0 Å². The zero-order chi connectivity index (χ0) is 9.30. The number of aromatic nitrogens is 2. The van der Waals surface area contributed by atoms with Crippen molar-refractivity contribution in [3.05, 3.63) is 32.1 Å². The van der Waals surface area contributed by atoms with Crippen LogP contribution in [-0.2, 0) is 0 Å². The van der Waals surface area contributed by atoms with Crippen LogP contribution < -0.4 is 11.2 Å². The van der Waals surface area contributed by atoms with E-state index in [2.05, 4.69) is 0 Å². The van der Waals surface area contributed by atoms with E-state index in [0.29, 0.717) is 0 Å². The molecular formula is C5H3ClN2O4. The summed E-state index contributed by atoms with van der Waals surface area (Å²) in [5.74, 6) is 0. The fourth-order valence-electron chi connectivity index (χ4n) is 0.590. The highest BCUT2D eigenvalue weighted by Crippen LogP contribution is 1.94. The maximum atomic E-state index is 10.7. The van der Waals surface area contributed by atoms with Gasteiger partial charge < -0.3 is 5.11 Å². The molecule has 0 atom stereocenters. The molecule has 1 aromatic heterocycles. The first-order valence-corrected chi connectivity index (χ1v) is 3.15. The first kappa shape index (κ1) is 8.54. The molecule has 0 aliphatic rings. The van der Waals surface area contributed by atoms with Gasteiger partial charge in [-0.1, -0.05) is 11.6 Å². The lowest BCUT2D eigenvalue weighted by Crippen LogP contribution is -2.33. The molecular weight excluding hydrogens is 188 g/mol. The van der Waals surface area contributed by atoms with Crippen molar-refractivity contribution in [1.82, 2.24) is 9.55 Å². The van der Waals surface area contributed by atoms with Crippen LogP contribution in [0.15, 0.2) is 15.8 Å². The molecule has 1 aromatic rings. The predicted octanol–water partition coefficient (Wildman–Crippen LogP) is -0.284. The van der Waals surface area contributed by atoms with Gasteiger partial charge in [0.15, 0.2) is 0 Å². The van der Waals surface area contributed by atoms with Crippen LogP contribution in [0.4, 0.5) is 4.79 Å². The molecule has 0 saturated carbocycles. The Morgan fingerprint density at radius 2 is 2.17 bits per heavy atom. The van der Waals surface area contributed by atoms with Gasteiger partial charge in [-0.3, -0.25) is 9.78 Å². The summed E-state index contributed by atoms with van der Waals surface area (Å²) >= 11 is 5.26. The number of halogens is 1. The van der Waals surface area contributed by atoms with E-state index in [0.717, 1.165) is 6.20 Å². The van der Waals surface area contributed by atoms with Crippen LogP contribution in [0, 0.1) is 0 Å². The second-order valence-electron chi connectivity index (χ2n) is 1.89. The van der Waals surface area contributed by atoms with Gasteiger partial charge in [0.1, 0.15) is 5.02 Å². The van der Waals surface area contributed by atoms with Crippen molar-refractivity contribution in [3.63, 3.8) is 0 Å². The lowest BCUT2D eigenvalue weighted by molar-refractivity contribution is 0.195. The third-order valence-electron chi connectivity index (χ3n) is 1.10. The van der Waals surface area contributed by atoms with Gasteiger partial charge in [0, 0.05) is 6.20 Å². The molecule has 0 bridgehead atoms. The first-order valence-electron chi connectivity index (χ1n) is 2.77. The fraction of sp³-hybridized carbons (Fsp3) is 0. The van der Waals surface area contributed by atoms with E-state index in [4.69, 9.17) is 16.7 Å². The zero-order valence-corrected chi connectivity index (χ0v) is 6.33. The molecule has 0 aliphatic carbocycles. The van der Waals surface area contributed by atoms with Gasteiger partial charge >= 0.3 is 11.8 Å². The Morgan fingerprint density at radius 3 is 2.67 bits per heavy atom. The van der Waals surface area contributed by atoms with E-state index >= 15 is 0 Å². The standard InChI is InChI=1S/C5H3ClN2O4/c6-2-1-8(5(11)12)4(10)7-3(2)9/h1H,(H,11,12)(H,7,9,10). The van der Waals surface area contributed by atoms with Crippen molar-refractivity contribution in [2.45, 2.75) is 0 Å². The van der Waals surface area contributed by atoms with Crippen LogP contribution in [0.1, 0.15) is 0 Å². The fourth-order valence-corrected chi connectivity index (χ4v) is 0.735. The minimum atomic E-state index is -1.50. The molecule has 0 spiro atoms. The number of nitrogens with zero attached hydrogens (tertiary/aromatic N) is 1. The highest BCUT2D eigenvalue weighted by atomic mass is 35.5. The molecule has 64 valence electrons. The Labute approximate surface area is 70.0 Å². The number of H-pyrrole nitrogens is 1. The normalized spacial score (nSPS) is 9.75. The summed E-state index contributed by atoms with van der Waals surface area (Å²) < 4.78 is 0.281. The molecule has 0 radical (unpaired) electrons. The number of hydrogen-bond donors (Lipinski definition) is 2. The van der Waals surface area contributed by atoms with Gasteiger partial charge in [-0.2, -0.15) is 0 Å². The van der Waals surface area contributed by atoms with Crippen LogP contribution in [0.5, 0.6) is 0 Å². The molecule has 0 saturated heterocycles. The number of carbonyl (C=O) groups is 1. The van der Waals surface area contributed by atoms with Crippen LogP contribution in [0.25, 0.3) is 0 Å².